The summed E-state index contributed by atoms with van der Waals surface area (Å²) in [6, 6.07) is 21.8. The molecule has 0 spiro atoms. The van der Waals surface area contributed by atoms with Crippen LogP contribution >= 0.6 is 23.2 Å². The van der Waals surface area contributed by atoms with Crippen molar-refractivity contribution in [2.24, 2.45) is 0 Å². The fourth-order valence-corrected chi connectivity index (χ4v) is 20.5. The van der Waals surface area contributed by atoms with Crippen molar-refractivity contribution in [1.82, 2.24) is 104 Å². The third kappa shape index (κ3) is 27.3. The molecule has 5 saturated heterocycles. The van der Waals surface area contributed by atoms with Gasteiger partial charge in [-0.25, -0.2) is 54.2 Å². The highest BCUT2D eigenvalue weighted by atomic mass is 35.5. The Morgan fingerprint density at radius 2 is 0.693 bits per heavy atom. The van der Waals surface area contributed by atoms with Gasteiger partial charge >= 0.3 is 12.4 Å². The van der Waals surface area contributed by atoms with Gasteiger partial charge in [0.15, 0.2) is 34.9 Å². The Morgan fingerprint density at radius 3 is 1.01 bits per heavy atom. The summed E-state index contributed by atoms with van der Waals surface area (Å²) in [4.78, 5) is 40.1. The van der Waals surface area contributed by atoms with E-state index in [-0.39, 0.29) is 88.5 Å². The molecule has 0 saturated carbocycles. The summed E-state index contributed by atoms with van der Waals surface area (Å²) in [6.45, 7) is 31.8. The van der Waals surface area contributed by atoms with Gasteiger partial charge in [0, 0.05) is 110 Å². The molecule has 5 aliphatic rings. The summed E-state index contributed by atoms with van der Waals surface area (Å²) in [5, 5.41) is 60.3. The summed E-state index contributed by atoms with van der Waals surface area (Å²) in [5.41, 5.74) is 13.9. The molecule has 0 unspecified atom stereocenters. The second-order valence-electron chi connectivity index (χ2n) is 36.0. The van der Waals surface area contributed by atoms with Crippen molar-refractivity contribution < 1.29 is 57.1 Å². The van der Waals surface area contributed by atoms with E-state index in [1.54, 1.807) is 54.6 Å². The van der Waals surface area contributed by atoms with E-state index in [0.717, 1.165) is 176 Å². The monoisotopic (exact) mass is 2020 g/mol. The second kappa shape index (κ2) is 45.4. The van der Waals surface area contributed by atoms with Crippen LogP contribution < -0.4 is 42.5 Å². The number of aromatic amines is 4. The molecule has 0 aliphatic carbocycles. The Labute approximate surface area is 817 Å². The molecule has 140 heavy (non-hydrogen) atoms. The number of sulfonamides is 2. The van der Waals surface area contributed by atoms with Crippen molar-refractivity contribution in [3.05, 3.63) is 209 Å². The van der Waals surface area contributed by atoms with Crippen LogP contribution in [-0.4, -0.2) is 230 Å². The summed E-state index contributed by atoms with van der Waals surface area (Å²) in [5.74, 6) is 2.71. The predicted molar refractivity (Wildman–Crippen MR) is 528 cm³/mol. The van der Waals surface area contributed by atoms with Gasteiger partial charge in [0.05, 0.1) is 42.4 Å². The van der Waals surface area contributed by atoms with Gasteiger partial charge in [-0.1, -0.05) is 42.3 Å². The summed E-state index contributed by atoms with van der Waals surface area (Å²) >= 11 is 12.4. The molecule has 13 heterocycles. The zero-order chi connectivity index (χ0) is 100. The van der Waals surface area contributed by atoms with Crippen LogP contribution in [0.4, 0.5) is 128 Å². The van der Waals surface area contributed by atoms with Crippen LogP contribution in [0.3, 0.4) is 0 Å². The number of likely N-dealkylation sites (tertiary alicyclic amines) is 3. The standard InChI is InChI=1S/C25H32ClFN8O2S.C24H30F3N7O.C24H30F3N7.C21H25ClFN7O2S/c1-16-12-22(29-25-28-15-20(26)24(31-25)30-23-13-17(2)32-33-23)21(27)14-19(16)18-4-8-34(9-5-18)10-11-38(36,37)35-6-3-7-35;1-14-11-20(15(2)10-18(14)17-4-6-34(7-5-17)8-9-35)29-23-28-13-19(24(25,26)27)22(31-23)30-21-12-16(3)32-33-21;1-5-34-8-6-17(7-9-34)18-10-15(3)20(11-14(18)2)29-23-28-13-19(24(25,26)27)22(31-23)30-21-12-16(4)32-33-21;1-12-8-18(17(23)10-15(12)14-4-6-30(7-5-14)33(3,31)32)25-21-24-11-16(22)20(27-21)26-19-9-13(2)28-29-19/h12-15,18H,3-11H2,1-2H3,(H3,28,29,30,31,32,33);10-13,17,35H,4-9H2,1-3H3,(H3,28,29,30,31,32,33);10-13,17H,5-9H2,1-4H3,(H3,28,29,30,31,32,33);8-11,14H,4-7H2,1-3H3,(H3,24,25,26,27,28,29). The molecule has 750 valence electrons. The lowest BCUT2D eigenvalue weighted by Crippen LogP contribution is -2.46. The van der Waals surface area contributed by atoms with E-state index < -0.39 is 49.3 Å². The van der Waals surface area contributed by atoms with Crippen LogP contribution in [0.1, 0.15) is 178 Å². The first-order chi connectivity index (χ1) is 66.5. The predicted octanol–water partition coefficient (Wildman–Crippen LogP) is 19.2. The lowest BCUT2D eigenvalue weighted by molar-refractivity contribution is -0.138. The first kappa shape index (κ1) is 104. The highest BCUT2D eigenvalue weighted by Gasteiger charge is 2.39. The number of aryl methyl sites for hydroxylation is 10. The number of alkyl halides is 6. The minimum absolute atomic E-state index is 0.0559. The second-order valence-corrected chi connectivity index (χ2v) is 40.9. The number of hydrogen-bond acceptors (Lipinski definition) is 28. The van der Waals surface area contributed by atoms with Gasteiger partial charge in [-0.15, -0.1) is 0 Å². The van der Waals surface area contributed by atoms with E-state index in [1.165, 1.54) is 40.1 Å². The molecule has 5 aliphatic heterocycles. The normalized spacial score (nSPS) is 16.0. The minimum atomic E-state index is -4.62. The quantitative estimate of drug-likeness (QED) is 0.0203. The van der Waals surface area contributed by atoms with Gasteiger partial charge < -0.3 is 62.3 Å². The number of β-amino-alcohol motifs (C(OH)–C–C–N with tert-alkyl or cyclic N) is 1. The van der Waals surface area contributed by atoms with Gasteiger partial charge in [0.25, 0.3) is 0 Å². The van der Waals surface area contributed by atoms with Crippen molar-refractivity contribution in [1.29, 1.82) is 0 Å². The number of aliphatic hydroxyl groups is 1. The molecule has 0 atom stereocenters. The lowest BCUT2D eigenvalue weighted by Gasteiger charge is -2.34. The van der Waals surface area contributed by atoms with Crippen LogP contribution in [0, 0.1) is 80.9 Å². The number of nitrogens with one attached hydrogen (secondary N) is 12. The van der Waals surface area contributed by atoms with Crippen LogP contribution in [-0.2, 0) is 32.4 Å². The molecule has 17 rings (SSSR count). The average molecular weight is 2020 g/mol. The number of aromatic nitrogens is 16. The van der Waals surface area contributed by atoms with E-state index in [0.29, 0.717) is 103 Å². The van der Waals surface area contributed by atoms with E-state index in [2.05, 4.69) is 164 Å². The number of anilines is 16. The number of rotatable bonds is 28. The Bertz CT molecular complexity index is 6550. The van der Waals surface area contributed by atoms with Gasteiger partial charge in [0.1, 0.15) is 44.4 Å². The Hall–Kier alpha value is -11.9. The number of piperidine rings is 4. The first-order valence-corrected chi connectivity index (χ1v) is 50.5. The molecule has 13 N–H and O–H groups in total. The lowest BCUT2D eigenvalue weighted by atomic mass is 9.85. The van der Waals surface area contributed by atoms with Gasteiger partial charge in [0.2, 0.25) is 43.8 Å². The summed E-state index contributed by atoms with van der Waals surface area (Å²) < 4.78 is 163. The van der Waals surface area contributed by atoms with Crippen molar-refractivity contribution >= 4 is 136 Å². The maximum absolute atomic E-state index is 15.2. The molecule has 46 heteroatoms. The van der Waals surface area contributed by atoms with Gasteiger partial charge in [-0.2, -0.15) is 66.7 Å². The van der Waals surface area contributed by atoms with Crippen LogP contribution in [0.2, 0.25) is 10.0 Å². The molecule has 0 bridgehead atoms. The number of H-pyrrole nitrogens is 4. The molecule has 12 aromatic rings. The number of halogens is 10. The highest BCUT2D eigenvalue weighted by Crippen LogP contribution is 2.43. The van der Waals surface area contributed by atoms with Gasteiger partial charge in [-0.05, 0) is 289 Å². The third-order valence-corrected chi connectivity index (χ3v) is 29.3. The Morgan fingerprint density at radius 1 is 0.386 bits per heavy atom. The number of aliphatic hydroxyl groups excluding tert-OH is 1. The zero-order valence-corrected chi connectivity index (χ0v) is 82.9. The maximum atomic E-state index is 15.2. The third-order valence-electron chi connectivity index (χ3n) is 25.6. The number of nitrogens with zero attached hydrogens (tertiary/aromatic N) is 17. The Kier molecular flexibility index (Phi) is 33.7. The van der Waals surface area contributed by atoms with Crippen LogP contribution in [0.5, 0.6) is 0 Å². The van der Waals surface area contributed by atoms with Crippen molar-refractivity contribution in [3.63, 3.8) is 0 Å². The maximum Gasteiger partial charge on any atom is 0.421 e. The molecule has 8 aromatic heterocycles. The largest absolute Gasteiger partial charge is 0.421 e. The summed E-state index contributed by atoms with van der Waals surface area (Å²) in [6.07, 6.45) is 4.71. The molecule has 34 nitrogen and oxygen atoms in total. The minimum Gasteiger partial charge on any atom is -0.395 e. The SMILES string of the molecule is CCN1CCC(c2cc(C)c(Nc3ncc(C(F)(F)F)c(Nc4cc(C)[nH]n4)n3)cc2C)CC1.Cc1cc(Nc2nc(Nc3cc(C)c(C4CCN(CCO)CC4)cc3C)ncc2C(F)(F)F)n[nH]1.Cc1cc(Nc2nc(Nc3cc(C)c(C4CCN(CCS(=O)(=O)N5CCC5)CC4)cc3F)ncc2Cl)n[nH]1.Cc1cc(Nc2nc(Nc3cc(C)c(C4CCN(S(C)(=O)=O)CC4)cc3F)ncc2Cl)n[nH]1. The first-order valence-electron chi connectivity index (χ1n) is 46.3. The fraction of sp³-hybridized carbons (Fsp3) is 0.447. The fourth-order valence-electron chi connectivity index (χ4n) is 17.8. The molecule has 0 amide bonds. The van der Waals surface area contributed by atoms with Gasteiger partial charge in [-0.3, -0.25) is 20.4 Å². The zero-order valence-electron chi connectivity index (χ0n) is 79.8. The number of hydrogen-bond donors (Lipinski definition) is 13. The molecular weight excluding hydrogens is 1900 g/mol. The van der Waals surface area contributed by atoms with E-state index in [1.807, 2.05) is 66.7 Å². The Balaban J connectivity index is 0.000000149. The van der Waals surface area contributed by atoms with Crippen molar-refractivity contribution in [3.8, 4) is 0 Å². The van der Waals surface area contributed by atoms with Crippen LogP contribution in [0.25, 0.3) is 0 Å². The molecule has 5 fully saturated rings. The van der Waals surface area contributed by atoms with Crippen molar-refractivity contribution in [2.75, 3.05) is 146 Å². The highest BCUT2D eigenvalue weighted by molar-refractivity contribution is 7.89. The molecule has 4 aromatic carbocycles. The van der Waals surface area contributed by atoms with Crippen molar-refractivity contribution in [2.45, 2.75) is 170 Å². The van der Waals surface area contributed by atoms with E-state index in [4.69, 9.17) is 28.3 Å². The smallest absolute Gasteiger partial charge is 0.395 e. The molecular formula is C94H117Cl2F8N29O5S2. The average Bonchev–Trinajstić information content (AvgIpc) is 1.02. The number of benzene rings is 4. The molecule has 0 radical (unpaired) electrons. The van der Waals surface area contributed by atoms with E-state index in [9.17, 15) is 47.6 Å². The van der Waals surface area contributed by atoms with Crippen LogP contribution in [0.15, 0.2) is 97.6 Å². The summed E-state index contributed by atoms with van der Waals surface area (Å²) in [7, 11) is -6.34. The topological polar surface area (TPSA) is 419 Å². The van der Waals surface area contributed by atoms with E-state index >= 15 is 4.39 Å².